The summed E-state index contributed by atoms with van der Waals surface area (Å²) in [7, 11) is 1.46. The summed E-state index contributed by atoms with van der Waals surface area (Å²) in [6.45, 7) is 0.681. The predicted molar refractivity (Wildman–Crippen MR) is 128 cm³/mol. The lowest BCUT2D eigenvalue weighted by Gasteiger charge is -2.26. The lowest BCUT2D eigenvalue weighted by atomic mass is 10.1. The lowest BCUT2D eigenvalue weighted by Crippen LogP contribution is -2.35. The zero-order valence-corrected chi connectivity index (χ0v) is 18.6. The minimum atomic E-state index is -0.517. The molecule has 0 spiro atoms. The number of nitrogens with one attached hydrogen (secondary N) is 2. The fourth-order valence-electron chi connectivity index (χ4n) is 3.78. The van der Waals surface area contributed by atoms with Crippen LogP contribution in [-0.2, 0) is 4.79 Å². The number of hydrogen-bond donors (Lipinski definition) is 2. The van der Waals surface area contributed by atoms with Crippen molar-refractivity contribution in [3.8, 4) is 5.75 Å². The lowest BCUT2D eigenvalue weighted by molar-refractivity contribution is -0.119. The van der Waals surface area contributed by atoms with Crippen LogP contribution in [0.5, 0.6) is 5.75 Å². The molecule has 2 N–H and O–H groups in total. The van der Waals surface area contributed by atoms with Crippen LogP contribution in [0.4, 0.5) is 21.5 Å². The summed E-state index contributed by atoms with van der Waals surface area (Å²) < 4.78 is 18.8. The number of nitrogens with zero attached hydrogens (tertiary/aromatic N) is 1. The molecular formula is C26H24FN3O4. The van der Waals surface area contributed by atoms with Gasteiger partial charge in [0.2, 0.25) is 5.91 Å². The maximum Gasteiger partial charge on any atom is 0.255 e. The van der Waals surface area contributed by atoms with Crippen molar-refractivity contribution >= 4 is 34.8 Å². The van der Waals surface area contributed by atoms with Crippen molar-refractivity contribution in [3.05, 3.63) is 83.7 Å². The first-order chi connectivity index (χ1) is 16.4. The fourth-order valence-corrected chi connectivity index (χ4v) is 3.78. The number of amides is 3. The predicted octanol–water partition coefficient (Wildman–Crippen LogP) is 4.86. The molecule has 1 heterocycles. The summed E-state index contributed by atoms with van der Waals surface area (Å²) in [4.78, 5) is 39.1. The van der Waals surface area contributed by atoms with Crippen LogP contribution < -0.4 is 20.3 Å². The van der Waals surface area contributed by atoms with Crippen molar-refractivity contribution < 1.29 is 23.5 Å². The molecule has 7 nitrogen and oxygen atoms in total. The molecule has 34 heavy (non-hydrogen) atoms. The van der Waals surface area contributed by atoms with Gasteiger partial charge in [-0.25, -0.2) is 4.39 Å². The number of anilines is 3. The van der Waals surface area contributed by atoms with Crippen LogP contribution in [0.2, 0.25) is 0 Å². The van der Waals surface area contributed by atoms with E-state index in [2.05, 4.69) is 10.6 Å². The SMILES string of the molecule is COc1ccc(NC(=O)c2ccc(N3CCCCC3=O)cc2)cc1NC(=O)c1cccc(F)c1. The third kappa shape index (κ3) is 5.23. The number of benzene rings is 3. The zero-order chi connectivity index (χ0) is 24.1. The van der Waals surface area contributed by atoms with Gasteiger partial charge < -0.3 is 20.3 Å². The van der Waals surface area contributed by atoms with E-state index in [9.17, 15) is 18.8 Å². The smallest absolute Gasteiger partial charge is 0.255 e. The van der Waals surface area contributed by atoms with Gasteiger partial charge in [-0.15, -0.1) is 0 Å². The van der Waals surface area contributed by atoms with Gasteiger partial charge in [0.25, 0.3) is 11.8 Å². The van der Waals surface area contributed by atoms with E-state index in [1.807, 2.05) is 0 Å². The number of methoxy groups -OCH3 is 1. The van der Waals surface area contributed by atoms with Gasteiger partial charge in [0.05, 0.1) is 12.8 Å². The largest absolute Gasteiger partial charge is 0.495 e. The van der Waals surface area contributed by atoms with Crippen LogP contribution in [0.3, 0.4) is 0 Å². The molecule has 0 radical (unpaired) electrons. The Morgan fingerprint density at radius 2 is 1.68 bits per heavy atom. The van der Waals surface area contributed by atoms with Gasteiger partial charge in [0, 0.05) is 35.5 Å². The van der Waals surface area contributed by atoms with Gasteiger partial charge in [-0.3, -0.25) is 14.4 Å². The Bertz CT molecular complexity index is 1230. The van der Waals surface area contributed by atoms with Crippen molar-refractivity contribution in [2.24, 2.45) is 0 Å². The second-order valence-corrected chi connectivity index (χ2v) is 7.88. The molecule has 1 saturated heterocycles. The standard InChI is InChI=1S/C26H24FN3O4/c1-34-23-13-10-20(16-22(23)29-26(33)18-5-4-6-19(27)15-18)28-25(32)17-8-11-21(12-9-17)30-14-3-2-7-24(30)31/h4-6,8-13,15-16H,2-3,7,14H2,1H3,(H,28,32)(H,29,33). The Morgan fingerprint density at radius 1 is 0.912 bits per heavy atom. The highest BCUT2D eigenvalue weighted by atomic mass is 19.1. The normalized spacial score (nSPS) is 13.4. The average Bonchev–Trinajstić information content (AvgIpc) is 2.84. The van der Waals surface area contributed by atoms with Gasteiger partial charge in [0.1, 0.15) is 11.6 Å². The number of hydrogen-bond acceptors (Lipinski definition) is 4. The van der Waals surface area contributed by atoms with Crippen molar-refractivity contribution in [1.29, 1.82) is 0 Å². The van der Waals surface area contributed by atoms with Gasteiger partial charge in [-0.1, -0.05) is 6.07 Å². The van der Waals surface area contributed by atoms with Crippen LogP contribution >= 0.6 is 0 Å². The number of piperidine rings is 1. The highest BCUT2D eigenvalue weighted by molar-refractivity contribution is 6.07. The van der Waals surface area contributed by atoms with Crippen molar-refractivity contribution in [3.63, 3.8) is 0 Å². The van der Waals surface area contributed by atoms with Gasteiger partial charge in [-0.2, -0.15) is 0 Å². The zero-order valence-electron chi connectivity index (χ0n) is 18.6. The Morgan fingerprint density at radius 3 is 2.38 bits per heavy atom. The second-order valence-electron chi connectivity index (χ2n) is 7.88. The van der Waals surface area contributed by atoms with Gasteiger partial charge in [0.15, 0.2) is 0 Å². The monoisotopic (exact) mass is 461 g/mol. The number of halogens is 1. The number of ether oxygens (including phenoxy) is 1. The molecule has 8 heteroatoms. The first-order valence-electron chi connectivity index (χ1n) is 10.9. The molecule has 1 aliphatic heterocycles. The van der Waals surface area contributed by atoms with Crippen LogP contribution in [0.1, 0.15) is 40.0 Å². The van der Waals surface area contributed by atoms with E-state index in [0.717, 1.165) is 24.6 Å². The maximum absolute atomic E-state index is 13.5. The van der Waals surface area contributed by atoms with Crippen LogP contribution in [0.25, 0.3) is 0 Å². The highest BCUT2D eigenvalue weighted by Crippen LogP contribution is 2.29. The molecule has 3 aromatic carbocycles. The molecule has 0 atom stereocenters. The van der Waals surface area contributed by atoms with E-state index >= 15 is 0 Å². The van der Waals surface area contributed by atoms with E-state index < -0.39 is 11.7 Å². The quantitative estimate of drug-likeness (QED) is 0.549. The molecule has 0 aliphatic carbocycles. The fraction of sp³-hybridized carbons (Fsp3) is 0.192. The molecular weight excluding hydrogens is 437 g/mol. The van der Waals surface area contributed by atoms with E-state index in [1.54, 1.807) is 47.4 Å². The third-order valence-electron chi connectivity index (χ3n) is 5.56. The maximum atomic E-state index is 13.5. The molecule has 1 fully saturated rings. The molecule has 3 amide bonds. The minimum absolute atomic E-state index is 0.0921. The van der Waals surface area contributed by atoms with E-state index in [4.69, 9.17) is 4.74 Å². The average molecular weight is 461 g/mol. The van der Waals surface area contributed by atoms with Crippen molar-refractivity contribution in [2.75, 3.05) is 29.2 Å². The van der Waals surface area contributed by atoms with E-state index in [1.165, 1.54) is 25.3 Å². The molecule has 0 saturated carbocycles. The summed E-state index contributed by atoms with van der Waals surface area (Å²) >= 11 is 0. The van der Waals surface area contributed by atoms with Crippen molar-refractivity contribution in [2.45, 2.75) is 19.3 Å². The topological polar surface area (TPSA) is 87.7 Å². The van der Waals surface area contributed by atoms with Crippen LogP contribution in [-0.4, -0.2) is 31.4 Å². The Labute approximate surface area is 196 Å². The highest BCUT2D eigenvalue weighted by Gasteiger charge is 2.20. The van der Waals surface area contributed by atoms with E-state index in [0.29, 0.717) is 35.7 Å². The molecule has 174 valence electrons. The molecule has 0 aromatic heterocycles. The van der Waals surface area contributed by atoms with E-state index in [-0.39, 0.29) is 17.4 Å². The molecule has 0 bridgehead atoms. The minimum Gasteiger partial charge on any atom is -0.495 e. The third-order valence-corrected chi connectivity index (χ3v) is 5.56. The first kappa shape index (κ1) is 23.0. The second kappa shape index (κ2) is 10.2. The number of carbonyl (C=O) groups is 3. The van der Waals surface area contributed by atoms with Gasteiger partial charge >= 0.3 is 0 Å². The van der Waals surface area contributed by atoms with Crippen LogP contribution in [0.15, 0.2) is 66.7 Å². The summed E-state index contributed by atoms with van der Waals surface area (Å²) in [6, 6.07) is 17.0. The summed E-state index contributed by atoms with van der Waals surface area (Å²) in [5.41, 5.74) is 2.12. The molecule has 1 aliphatic rings. The summed E-state index contributed by atoms with van der Waals surface area (Å²) in [5.74, 6) is -0.891. The van der Waals surface area contributed by atoms with Crippen molar-refractivity contribution in [1.82, 2.24) is 0 Å². The summed E-state index contributed by atoms with van der Waals surface area (Å²) in [6.07, 6.45) is 2.41. The Balaban J connectivity index is 1.47. The first-order valence-corrected chi connectivity index (χ1v) is 10.9. The summed E-state index contributed by atoms with van der Waals surface area (Å²) in [5, 5.41) is 5.48. The Kier molecular flexibility index (Phi) is 6.87. The van der Waals surface area contributed by atoms with Crippen LogP contribution in [0, 0.1) is 5.82 Å². The number of carbonyl (C=O) groups excluding carboxylic acids is 3. The molecule has 4 rings (SSSR count). The Hall–Kier alpha value is -4.20. The molecule has 0 unspecified atom stereocenters. The van der Waals surface area contributed by atoms with Gasteiger partial charge in [-0.05, 0) is 73.5 Å². The molecule has 3 aromatic rings. The number of rotatable bonds is 6.